The van der Waals surface area contributed by atoms with Crippen LogP contribution in [0, 0.1) is 12.7 Å². The smallest absolute Gasteiger partial charge is 0.368 e. The predicted octanol–water partition coefficient (Wildman–Crippen LogP) is 5.24. The third-order valence-electron chi connectivity index (χ3n) is 5.21. The first-order valence-electron chi connectivity index (χ1n) is 9.67. The maximum absolute atomic E-state index is 13.1. The van der Waals surface area contributed by atoms with Crippen molar-refractivity contribution in [2.24, 2.45) is 0 Å². The van der Waals surface area contributed by atoms with Gasteiger partial charge in [-0.25, -0.2) is 9.37 Å². The van der Waals surface area contributed by atoms with Crippen LogP contribution in [0.4, 0.5) is 23.2 Å². The van der Waals surface area contributed by atoms with Crippen LogP contribution in [0.15, 0.2) is 48.5 Å². The van der Waals surface area contributed by atoms with Crippen LogP contribution in [0.5, 0.6) is 0 Å². The number of amides is 1. The molecule has 0 bridgehead atoms. The van der Waals surface area contributed by atoms with Gasteiger partial charge in [-0.1, -0.05) is 12.1 Å². The first kappa shape index (κ1) is 21.3. The Morgan fingerprint density at radius 1 is 0.968 bits per heavy atom. The lowest BCUT2D eigenvalue weighted by Gasteiger charge is -2.36. The van der Waals surface area contributed by atoms with Gasteiger partial charge in [0.25, 0.3) is 5.91 Å². The number of hydrogen-bond donors (Lipinski definition) is 0. The number of halogens is 4. The maximum atomic E-state index is 13.1. The molecule has 0 atom stereocenters. The summed E-state index contributed by atoms with van der Waals surface area (Å²) in [6, 6.07) is 11.0. The summed E-state index contributed by atoms with van der Waals surface area (Å²) in [5.74, 6) is -0.422. The molecule has 2 heterocycles. The number of thiazole rings is 1. The highest BCUT2D eigenvalue weighted by molar-refractivity contribution is 7.17. The number of anilines is 1. The van der Waals surface area contributed by atoms with E-state index in [-0.39, 0.29) is 11.7 Å². The summed E-state index contributed by atoms with van der Waals surface area (Å²) in [7, 11) is 0. The van der Waals surface area contributed by atoms with E-state index in [0.29, 0.717) is 47.3 Å². The van der Waals surface area contributed by atoms with Crippen molar-refractivity contribution in [3.63, 3.8) is 0 Å². The SMILES string of the molecule is Cc1nc(-c2ccc(C(F)(F)F)cc2)sc1C(=O)N1CCN(c2ccc(F)cc2)CC1. The molecule has 1 aliphatic rings. The van der Waals surface area contributed by atoms with Gasteiger partial charge in [0, 0.05) is 37.4 Å². The van der Waals surface area contributed by atoms with Crippen molar-refractivity contribution in [2.75, 3.05) is 31.1 Å². The molecule has 0 aliphatic carbocycles. The van der Waals surface area contributed by atoms with Gasteiger partial charge in [0.15, 0.2) is 0 Å². The molecule has 2 aromatic carbocycles. The number of carbonyl (C=O) groups is 1. The lowest BCUT2D eigenvalue weighted by molar-refractivity contribution is -0.137. The first-order valence-corrected chi connectivity index (χ1v) is 10.5. The highest BCUT2D eigenvalue weighted by atomic mass is 32.1. The van der Waals surface area contributed by atoms with E-state index in [2.05, 4.69) is 9.88 Å². The van der Waals surface area contributed by atoms with Crippen molar-refractivity contribution < 1.29 is 22.4 Å². The summed E-state index contributed by atoms with van der Waals surface area (Å²) >= 11 is 1.19. The van der Waals surface area contributed by atoms with Gasteiger partial charge in [0.1, 0.15) is 15.7 Å². The molecular formula is C22H19F4N3OS. The van der Waals surface area contributed by atoms with Gasteiger partial charge in [-0.2, -0.15) is 13.2 Å². The second-order valence-corrected chi connectivity index (χ2v) is 8.26. The van der Waals surface area contributed by atoms with Crippen LogP contribution in [-0.4, -0.2) is 42.0 Å². The summed E-state index contributed by atoms with van der Waals surface area (Å²) in [5, 5.41) is 0.513. The van der Waals surface area contributed by atoms with Crippen LogP contribution in [-0.2, 0) is 6.18 Å². The largest absolute Gasteiger partial charge is 0.416 e. The van der Waals surface area contributed by atoms with Crippen molar-refractivity contribution in [2.45, 2.75) is 13.1 Å². The van der Waals surface area contributed by atoms with Crippen molar-refractivity contribution >= 4 is 22.9 Å². The minimum absolute atomic E-state index is 0.132. The van der Waals surface area contributed by atoms with Gasteiger partial charge in [-0.05, 0) is 43.3 Å². The molecule has 4 nitrogen and oxygen atoms in total. The Balaban J connectivity index is 1.45. The molecule has 162 valence electrons. The third-order valence-corrected chi connectivity index (χ3v) is 6.40. The molecule has 0 spiro atoms. The first-order chi connectivity index (χ1) is 14.7. The van der Waals surface area contributed by atoms with Crippen LogP contribution in [0.3, 0.4) is 0 Å². The van der Waals surface area contributed by atoms with Gasteiger partial charge < -0.3 is 9.80 Å². The van der Waals surface area contributed by atoms with E-state index in [1.54, 1.807) is 24.0 Å². The second kappa shape index (κ2) is 8.30. The summed E-state index contributed by atoms with van der Waals surface area (Å²) in [6.45, 7) is 4.01. The topological polar surface area (TPSA) is 36.4 Å². The quantitative estimate of drug-likeness (QED) is 0.513. The van der Waals surface area contributed by atoms with E-state index in [9.17, 15) is 22.4 Å². The van der Waals surface area contributed by atoms with E-state index in [1.165, 1.54) is 35.6 Å². The van der Waals surface area contributed by atoms with Crippen molar-refractivity contribution in [1.29, 1.82) is 0 Å². The zero-order valence-electron chi connectivity index (χ0n) is 16.6. The molecule has 1 amide bonds. The molecule has 0 saturated carbocycles. The molecule has 3 aromatic rings. The lowest BCUT2D eigenvalue weighted by Crippen LogP contribution is -2.48. The number of benzene rings is 2. The molecule has 1 aromatic heterocycles. The minimum atomic E-state index is -4.39. The molecule has 4 rings (SSSR count). The summed E-state index contributed by atoms with van der Waals surface area (Å²) in [4.78, 5) is 21.8. The Labute approximate surface area is 180 Å². The minimum Gasteiger partial charge on any atom is -0.368 e. The fourth-order valence-electron chi connectivity index (χ4n) is 3.48. The summed E-state index contributed by atoms with van der Waals surface area (Å²) in [5.41, 5.74) is 1.29. The van der Waals surface area contributed by atoms with E-state index in [0.717, 1.165) is 17.8 Å². The van der Waals surface area contributed by atoms with E-state index < -0.39 is 11.7 Å². The van der Waals surface area contributed by atoms with Gasteiger partial charge in [-0.15, -0.1) is 11.3 Å². The number of rotatable bonds is 3. The molecular weight excluding hydrogens is 430 g/mol. The third kappa shape index (κ3) is 4.56. The van der Waals surface area contributed by atoms with Crippen LogP contribution < -0.4 is 4.90 Å². The Morgan fingerprint density at radius 2 is 1.58 bits per heavy atom. The number of hydrogen-bond acceptors (Lipinski definition) is 4. The highest BCUT2D eigenvalue weighted by Crippen LogP contribution is 2.33. The zero-order chi connectivity index (χ0) is 22.2. The van der Waals surface area contributed by atoms with E-state index in [1.807, 2.05) is 0 Å². The lowest BCUT2D eigenvalue weighted by atomic mass is 10.1. The highest BCUT2D eigenvalue weighted by Gasteiger charge is 2.30. The number of carbonyl (C=O) groups excluding carboxylic acids is 1. The molecule has 31 heavy (non-hydrogen) atoms. The average Bonchev–Trinajstić information content (AvgIpc) is 3.15. The van der Waals surface area contributed by atoms with Gasteiger partial charge in [0.2, 0.25) is 0 Å². The average molecular weight is 449 g/mol. The van der Waals surface area contributed by atoms with E-state index in [4.69, 9.17) is 0 Å². The Hall–Kier alpha value is -2.94. The Morgan fingerprint density at radius 3 is 2.16 bits per heavy atom. The molecule has 1 aliphatic heterocycles. The van der Waals surface area contributed by atoms with Gasteiger partial charge in [0.05, 0.1) is 11.3 Å². The molecule has 0 N–H and O–H groups in total. The van der Waals surface area contributed by atoms with Gasteiger partial charge >= 0.3 is 6.18 Å². The van der Waals surface area contributed by atoms with E-state index >= 15 is 0 Å². The number of alkyl halides is 3. The number of aryl methyl sites for hydroxylation is 1. The van der Waals surface area contributed by atoms with Gasteiger partial charge in [-0.3, -0.25) is 4.79 Å². The summed E-state index contributed by atoms with van der Waals surface area (Å²) in [6.07, 6.45) is -4.39. The van der Waals surface area contributed by atoms with Crippen LogP contribution >= 0.6 is 11.3 Å². The molecule has 9 heteroatoms. The van der Waals surface area contributed by atoms with Crippen LogP contribution in [0.2, 0.25) is 0 Å². The fraction of sp³-hybridized carbons (Fsp3) is 0.273. The van der Waals surface area contributed by atoms with Crippen molar-refractivity contribution in [1.82, 2.24) is 9.88 Å². The van der Waals surface area contributed by atoms with Crippen LogP contribution in [0.1, 0.15) is 20.9 Å². The Kier molecular flexibility index (Phi) is 5.70. The second-order valence-electron chi connectivity index (χ2n) is 7.26. The molecule has 0 radical (unpaired) electrons. The molecule has 1 fully saturated rings. The number of piperazine rings is 1. The molecule has 0 unspecified atom stereocenters. The monoisotopic (exact) mass is 449 g/mol. The number of nitrogens with zero attached hydrogens (tertiary/aromatic N) is 3. The normalized spacial score (nSPS) is 14.7. The Bertz CT molecular complexity index is 1070. The summed E-state index contributed by atoms with van der Waals surface area (Å²) < 4.78 is 51.4. The van der Waals surface area contributed by atoms with Crippen molar-refractivity contribution in [3.8, 4) is 10.6 Å². The predicted molar refractivity (Wildman–Crippen MR) is 112 cm³/mol. The van der Waals surface area contributed by atoms with Crippen LogP contribution in [0.25, 0.3) is 10.6 Å². The fourth-order valence-corrected chi connectivity index (χ4v) is 4.52. The van der Waals surface area contributed by atoms with Crippen molar-refractivity contribution in [3.05, 3.63) is 70.5 Å². The maximum Gasteiger partial charge on any atom is 0.416 e. The standard InChI is InChI=1S/C22H19F4N3OS/c1-14-19(31-20(27-14)15-2-4-16(5-3-15)22(24,25)26)21(30)29-12-10-28(11-13-29)18-8-6-17(23)7-9-18/h2-9H,10-13H2,1H3. The number of aromatic nitrogens is 1. The zero-order valence-corrected chi connectivity index (χ0v) is 17.4. The molecule has 1 saturated heterocycles.